The van der Waals surface area contributed by atoms with E-state index in [0.717, 1.165) is 11.3 Å². The molecule has 1 aromatic carbocycles. The molecule has 8 heteroatoms. The third-order valence-corrected chi connectivity index (χ3v) is 3.82. The van der Waals surface area contributed by atoms with Crippen molar-refractivity contribution in [3.8, 4) is 17.0 Å². The molecule has 1 amide bonds. The molecular weight excluding hydrogens is 314 g/mol. The van der Waals surface area contributed by atoms with E-state index in [4.69, 9.17) is 14.6 Å². The van der Waals surface area contributed by atoms with Crippen LogP contribution >= 0.6 is 0 Å². The average molecular weight is 331 g/mol. The number of carboxylic acid groups (broad SMARTS) is 1. The second kappa shape index (κ2) is 6.71. The molecule has 1 saturated heterocycles. The lowest BCUT2D eigenvalue weighted by molar-refractivity contribution is -0.154. The lowest BCUT2D eigenvalue weighted by Gasteiger charge is -2.30. The van der Waals surface area contributed by atoms with Gasteiger partial charge >= 0.3 is 5.97 Å². The van der Waals surface area contributed by atoms with Gasteiger partial charge in [-0.2, -0.15) is 5.10 Å². The summed E-state index contributed by atoms with van der Waals surface area (Å²) in [6, 6.07) is 8.96. The molecule has 3 rings (SSSR count). The molecule has 2 aromatic rings. The number of amides is 1. The van der Waals surface area contributed by atoms with Crippen LogP contribution in [0, 0.1) is 0 Å². The number of aliphatic carboxylic acids is 1. The third-order valence-electron chi connectivity index (χ3n) is 3.82. The van der Waals surface area contributed by atoms with E-state index in [0.29, 0.717) is 17.9 Å². The molecule has 8 nitrogen and oxygen atoms in total. The van der Waals surface area contributed by atoms with Crippen LogP contribution in [0.4, 0.5) is 0 Å². The van der Waals surface area contributed by atoms with Crippen LogP contribution < -0.4 is 4.74 Å². The highest BCUT2D eigenvalue weighted by Crippen LogP contribution is 2.22. The van der Waals surface area contributed by atoms with Gasteiger partial charge in [-0.3, -0.25) is 9.89 Å². The van der Waals surface area contributed by atoms with Gasteiger partial charge in [0.15, 0.2) is 6.10 Å². The van der Waals surface area contributed by atoms with Crippen molar-refractivity contribution < 1.29 is 24.2 Å². The monoisotopic (exact) mass is 331 g/mol. The average Bonchev–Trinajstić information content (AvgIpc) is 3.11. The lowest BCUT2D eigenvalue weighted by atomic mass is 10.1. The number of ether oxygens (including phenoxy) is 2. The van der Waals surface area contributed by atoms with E-state index in [9.17, 15) is 9.59 Å². The van der Waals surface area contributed by atoms with Crippen LogP contribution in [-0.2, 0) is 9.53 Å². The van der Waals surface area contributed by atoms with Crippen LogP contribution in [0.25, 0.3) is 11.3 Å². The standard InChI is InChI=1S/C16H17N3O5/c1-23-11-4-2-10(3-5-11)12-8-13(18-17-12)15(20)19-6-7-24-14(9-19)16(21)22/h2-5,8,14H,6-7,9H2,1H3,(H,17,18)(H,21,22). The predicted octanol–water partition coefficient (Wildman–Crippen LogP) is 1.01. The number of nitrogens with one attached hydrogen (secondary N) is 1. The summed E-state index contributed by atoms with van der Waals surface area (Å²) in [5.74, 6) is -0.633. The summed E-state index contributed by atoms with van der Waals surface area (Å²) in [6.45, 7) is 0.562. The van der Waals surface area contributed by atoms with Gasteiger partial charge in [0.2, 0.25) is 0 Å². The molecule has 0 bridgehead atoms. The van der Waals surface area contributed by atoms with Crippen molar-refractivity contribution in [2.75, 3.05) is 26.8 Å². The molecule has 1 unspecified atom stereocenters. The Hall–Kier alpha value is -2.87. The van der Waals surface area contributed by atoms with Gasteiger partial charge < -0.3 is 19.5 Å². The maximum Gasteiger partial charge on any atom is 0.334 e. The Morgan fingerprint density at radius 3 is 2.79 bits per heavy atom. The highest BCUT2D eigenvalue weighted by molar-refractivity contribution is 5.93. The zero-order valence-corrected chi connectivity index (χ0v) is 13.1. The van der Waals surface area contributed by atoms with Crippen molar-refractivity contribution in [2.24, 2.45) is 0 Å². The highest BCUT2D eigenvalue weighted by atomic mass is 16.5. The van der Waals surface area contributed by atoms with E-state index < -0.39 is 12.1 Å². The minimum absolute atomic E-state index is 0.0189. The van der Waals surface area contributed by atoms with Crippen LogP contribution in [-0.4, -0.2) is 65.0 Å². The van der Waals surface area contributed by atoms with Gasteiger partial charge in [-0.15, -0.1) is 0 Å². The second-order valence-electron chi connectivity index (χ2n) is 5.34. The van der Waals surface area contributed by atoms with Crippen LogP contribution in [0.3, 0.4) is 0 Å². The molecule has 24 heavy (non-hydrogen) atoms. The van der Waals surface area contributed by atoms with E-state index in [1.165, 1.54) is 4.90 Å². The normalized spacial score (nSPS) is 17.5. The summed E-state index contributed by atoms with van der Waals surface area (Å²) in [5, 5.41) is 15.9. The molecule has 0 saturated carbocycles. The molecule has 1 atom stereocenters. The zero-order valence-electron chi connectivity index (χ0n) is 13.1. The van der Waals surface area contributed by atoms with Crippen LogP contribution in [0.1, 0.15) is 10.5 Å². The number of nitrogens with zero attached hydrogens (tertiary/aromatic N) is 2. The van der Waals surface area contributed by atoms with Crippen LogP contribution in [0.2, 0.25) is 0 Å². The molecular formula is C16H17N3O5. The molecule has 0 aliphatic carbocycles. The Bertz CT molecular complexity index is 740. The molecule has 1 aliphatic rings. The zero-order chi connectivity index (χ0) is 17.1. The first-order valence-electron chi connectivity index (χ1n) is 7.42. The summed E-state index contributed by atoms with van der Waals surface area (Å²) in [4.78, 5) is 25.0. The third kappa shape index (κ3) is 3.23. The summed E-state index contributed by atoms with van der Waals surface area (Å²) in [5.41, 5.74) is 1.78. The SMILES string of the molecule is COc1ccc(-c2cc(C(=O)N3CCOC(C(=O)O)C3)[nH]n2)cc1. The Morgan fingerprint density at radius 2 is 2.12 bits per heavy atom. The van der Waals surface area contributed by atoms with Gasteiger partial charge in [-0.05, 0) is 30.3 Å². The first-order valence-corrected chi connectivity index (χ1v) is 7.42. The number of carbonyl (C=O) groups excluding carboxylic acids is 1. The van der Waals surface area contributed by atoms with Crippen molar-refractivity contribution in [3.05, 3.63) is 36.0 Å². The summed E-state index contributed by atoms with van der Waals surface area (Å²) >= 11 is 0. The number of carbonyl (C=O) groups is 2. The number of carboxylic acids is 1. The minimum atomic E-state index is -1.07. The van der Waals surface area contributed by atoms with Crippen molar-refractivity contribution in [3.63, 3.8) is 0 Å². The lowest BCUT2D eigenvalue weighted by Crippen LogP contribution is -2.48. The highest BCUT2D eigenvalue weighted by Gasteiger charge is 2.30. The maximum atomic E-state index is 12.5. The van der Waals surface area contributed by atoms with Crippen LogP contribution in [0.15, 0.2) is 30.3 Å². The largest absolute Gasteiger partial charge is 0.497 e. The van der Waals surface area contributed by atoms with Crippen molar-refractivity contribution >= 4 is 11.9 Å². The molecule has 2 N–H and O–H groups in total. The Kier molecular flexibility index (Phi) is 4.48. The smallest absolute Gasteiger partial charge is 0.334 e. The number of hydrogen-bond donors (Lipinski definition) is 2. The number of hydrogen-bond acceptors (Lipinski definition) is 5. The molecule has 1 fully saturated rings. The van der Waals surface area contributed by atoms with Crippen molar-refractivity contribution in [2.45, 2.75) is 6.10 Å². The Balaban J connectivity index is 1.74. The first-order chi connectivity index (χ1) is 11.6. The molecule has 2 heterocycles. The maximum absolute atomic E-state index is 12.5. The van der Waals surface area contributed by atoms with E-state index >= 15 is 0 Å². The number of benzene rings is 1. The van der Waals surface area contributed by atoms with E-state index in [-0.39, 0.29) is 19.1 Å². The molecule has 0 radical (unpaired) electrons. The number of H-pyrrole nitrogens is 1. The topological polar surface area (TPSA) is 105 Å². The van der Waals surface area contributed by atoms with E-state index in [2.05, 4.69) is 10.2 Å². The Labute approximate surface area is 138 Å². The fraction of sp³-hybridized carbons (Fsp3) is 0.312. The summed E-state index contributed by atoms with van der Waals surface area (Å²) in [6.07, 6.45) is -0.994. The van der Waals surface area contributed by atoms with Gasteiger partial charge in [0.05, 0.1) is 26.0 Å². The van der Waals surface area contributed by atoms with Gasteiger partial charge in [0.25, 0.3) is 5.91 Å². The fourth-order valence-corrected chi connectivity index (χ4v) is 2.49. The molecule has 0 spiro atoms. The van der Waals surface area contributed by atoms with E-state index in [1.807, 2.05) is 24.3 Å². The molecule has 126 valence electrons. The van der Waals surface area contributed by atoms with Crippen molar-refractivity contribution in [1.82, 2.24) is 15.1 Å². The van der Waals surface area contributed by atoms with Gasteiger partial charge in [0.1, 0.15) is 11.4 Å². The number of morpholine rings is 1. The Morgan fingerprint density at radius 1 is 1.38 bits per heavy atom. The summed E-state index contributed by atoms with van der Waals surface area (Å²) in [7, 11) is 1.59. The van der Waals surface area contributed by atoms with Gasteiger partial charge in [0, 0.05) is 12.1 Å². The number of aromatic nitrogens is 2. The first kappa shape index (κ1) is 16.0. The van der Waals surface area contributed by atoms with Crippen LogP contribution in [0.5, 0.6) is 5.75 Å². The van der Waals surface area contributed by atoms with Crippen molar-refractivity contribution in [1.29, 1.82) is 0 Å². The second-order valence-corrected chi connectivity index (χ2v) is 5.34. The number of methoxy groups -OCH3 is 1. The fourth-order valence-electron chi connectivity index (χ4n) is 2.49. The predicted molar refractivity (Wildman–Crippen MR) is 83.9 cm³/mol. The van der Waals surface area contributed by atoms with E-state index in [1.54, 1.807) is 13.2 Å². The minimum Gasteiger partial charge on any atom is -0.497 e. The van der Waals surface area contributed by atoms with Gasteiger partial charge in [-0.25, -0.2) is 4.79 Å². The van der Waals surface area contributed by atoms with Gasteiger partial charge in [-0.1, -0.05) is 0 Å². The molecule has 1 aromatic heterocycles. The quantitative estimate of drug-likeness (QED) is 0.866. The molecule has 1 aliphatic heterocycles. The number of aromatic amines is 1. The number of rotatable bonds is 4. The summed E-state index contributed by atoms with van der Waals surface area (Å²) < 4.78 is 10.2.